The van der Waals surface area contributed by atoms with Crippen molar-refractivity contribution in [2.24, 2.45) is 0 Å². The molecule has 0 spiro atoms. The highest BCUT2D eigenvalue weighted by molar-refractivity contribution is 9.10. The van der Waals surface area contributed by atoms with Gasteiger partial charge in [0.25, 0.3) is 10.0 Å². The Morgan fingerprint density at radius 2 is 2.00 bits per heavy atom. The van der Waals surface area contributed by atoms with Crippen LogP contribution in [0.4, 0.5) is 5.69 Å². The standard InChI is InChI=1S/C17H15BrN2O4S2/c1-23-16-7-6-13(8-14(16)18)26(21,22)20-15-4-2-3-5-17(15)24-9-12-10-25-11-19-12/h2-8,10-11,20H,9H2,1H3. The Labute approximate surface area is 164 Å². The van der Waals surface area contributed by atoms with Crippen molar-refractivity contribution in [3.05, 3.63) is 63.5 Å². The van der Waals surface area contributed by atoms with Crippen molar-refractivity contribution in [3.8, 4) is 11.5 Å². The van der Waals surface area contributed by atoms with E-state index < -0.39 is 10.0 Å². The number of ether oxygens (including phenoxy) is 2. The van der Waals surface area contributed by atoms with Gasteiger partial charge in [-0.25, -0.2) is 13.4 Å². The number of rotatable bonds is 7. The highest BCUT2D eigenvalue weighted by atomic mass is 79.9. The SMILES string of the molecule is COc1ccc(S(=O)(=O)Nc2ccccc2OCc2cscn2)cc1Br. The minimum Gasteiger partial charge on any atom is -0.496 e. The van der Waals surface area contributed by atoms with Gasteiger partial charge in [0.15, 0.2) is 0 Å². The van der Waals surface area contributed by atoms with E-state index in [1.54, 1.807) is 35.8 Å². The third-order valence-corrected chi connectivity index (χ3v) is 6.04. The number of thiazole rings is 1. The normalized spacial score (nSPS) is 11.2. The summed E-state index contributed by atoms with van der Waals surface area (Å²) >= 11 is 4.77. The van der Waals surface area contributed by atoms with E-state index in [0.29, 0.717) is 21.7 Å². The summed E-state index contributed by atoms with van der Waals surface area (Å²) in [6.45, 7) is 0.260. The zero-order valence-electron chi connectivity index (χ0n) is 13.7. The van der Waals surface area contributed by atoms with Crippen LogP contribution in [-0.2, 0) is 16.6 Å². The van der Waals surface area contributed by atoms with Gasteiger partial charge in [0, 0.05) is 5.38 Å². The molecule has 0 amide bonds. The molecule has 9 heteroatoms. The lowest BCUT2D eigenvalue weighted by atomic mass is 10.3. The van der Waals surface area contributed by atoms with E-state index in [1.807, 2.05) is 5.38 Å². The second kappa shape index (κ2) is 8.07. The molecule has 2 aromatic carbocycles. The van der Waals surface area contributed by atoms with Crippen LogP contribution in [0.1, 0.15) is 5.69 Å². The number of nitrogens with zero attached hydrogens (tertiary/aromatic N) is 1. The van der Waals surface area contributed by atoms with Gasteiger partial charge >= 0.3 is 0 Å². The average Bonchev–Trinajstić information content (AvgIpc) is 3.14. The van der Waals surface area contributed by atoms with Crippen LogP contribution < -0.4 is 14.2 Å². The number of nitrogens with one attached hydrogen (secondary N) is 1. The van der Waals surface area contributed by atoms with Gasteiger partial charge in [0.05, 0.1) is 33.4 Å². The largest absolute Gasteiger partial charge is 0.496 e. The first-order valence-corrected chi connectivity index (χ1v) is 10.7. The minimum absolute atomic E-state index is 0.111. The van der Waals surface area contributed by atoms with Crippen molar-refractivity contribution in [1.29, 1.82) is 0 Å². The number of hydrogen-bond donors (Lipinski definition) is 1. The fourth-order valence-corrected chi connectivity index (χ4v) is 4.49. The number of anilines is 1. The summed E-state index contributed by atoms with van der Waals surface area (Å²) in [6, 6.07) is 11.4. The van der Waals surface area contributed by atoms with Crippen LogP contribution in [0.5, 0.6) is 11.5 Å². The predicted molar refractivity (Wildman–Crippen MR) is 104 cm³/mol. The zero-order valence-corrected chi connectivity index (χ0v) is 16.9. The lowest BCUT2D eigenvalue weighted by Gasteiger charge is -2.14. The molecule has 0 aliphatic carbocycles. The number of sulfonamides is 1. The second-order valence-electron chi connectivity index (χ2n) is 5.17. The Morgan fingerprint density at radius 3 is 2.69 bits per heavy atom. The Bertz CT molecular complexity index is 992. The Hall–Kier alpha value is -2.10. The van der Waals surface area contributed by atoms with Gasteiger partial charge in [-0.1, -0.05) is 12.1 Å². The fourth-order valence-electron chi connectivity index (χ4n) is 2.16. The quantitative estimate of drug-likeness (QED) is 0.575. The maximum atomic E-state index is 12.7. The molecule has 0 radical (unpaired) electrons. The summed E-state index contributed by atoms with van der Waals surface area (Å²) in [6.07, 6.45) is 0. The van der Waals surface area contributed by atoms with Gasteiger partial charge in [0.2, 0.25) is 0 Å². The van der Waals surface area contributed by atoms with E-state index in [2.05, 4.69) is 25.6 Å². The molecule has 136 valence electrons. The first-order chi connectivity index (χ1) is 12.5. The lowest BCUT2D eigenvalue weighted by Crippen LogP contribution is -2.14. The average molecular weight is 455 g/mol. The monoisotopic (exact) mass is 454 g/mol. The first-order valence-electron chi connectivity index (χ1n) is 7.45. The number of methoxy groups -OCH3 is 1. The Kier molecular flexibility index (Phi) is 5.80. The van der Waals surface area contributed by atoms with Crippen LogP contribution in [0.2, 0.25) is 0 Å². The molecule has 3 rings (SSSR count). The molecule has 0 atom stereocenters. The van der Waals surface area contributed by atoms with Gasteiger partial charge in [-0.3, -0.25) is 4.72 Å². The van der Waals surface area contributed by atoms with Crippen molar-refractivity contribution in [2.75, 3.05) is 11.8 Å². The smallest absolute Gasteiger partial charge is 0.262 e. The molecule has 0 bridgehead atoms. The van der Waals surface area contributed by atoms with E-state index in [4.69, 9.17) is 9.47 Å². The van der Waals surface area contributed by atoms with Crippen molar-refractivity contribution >= 4 is 43.0 Å². The number of benzene rings is 2. The third-order valence-electron chi connectivity index (χ3n) is 3.42. The molecule has 0 saturated heterocycles. The van der Waals surface area contributed by atoms with Gasteiger partial charge < -0.3 is 9.47 Å². The zero-order chi connectivity index (χ0) is 18.6. The van der Waals surface area contributed by atoms with Crippen LogP contribution >= 0.6 is 27.3 Å². The van der Waals surface area contributed by atoms with E-state index in [9.17, 15) is 8.42 Å². The van der Waals surface area contributed by atoms with Crippen molar-refractivity contribution in [2.45, 2.75) is 11.5 Å². The molecule has 0 unspecified atom stereocenters. The minimum atomic E-state index is -3.78. The topological polar surface area (TPSA) is 77.5 Å². The molecular formula is C17H15BrN2O4S2. The summed E-state index contributed by atoms with van der Waals surface area (Å²) in [5.74, 6) is 0.979. The molecular weight excluding hydrogens is 440 g/mol. The van der Waals surface area contributed by atoms with E-state index in [-0.39, 0.29) is 11.5 Å². The number of para-hydroxylation sites is 2. The molecule has 26 heavy (non-hydrogen) atoms. The number of halogens is 1. The number of aromatic nitrogens is 1. The molecule has 3 aromatic rings. The third kappa shape index (κ3) is 4.35. The molecule has 1 aromatic heterocycles. The molecule has 1 N–H and O–H groups in total. The van der Waals surface area contributed by atoms with Gasteiger partial charge in [0.1, 0.15) is 18.1 Å². The van der Waals surface area contributed by atoms with Crippen LogP contribution in [0, 0.1) is 0 Å². The summed E-state index contributed by atoms with van der Waals surface area (Å²) < 4.78 is 39.4. The second-order valence-corrected chi connectivity index (χ2v) is 8.42. The van der Waals surface area contributed by atoms with E-state index in [1.165, 1.54) is 30.6 Å². The summed E-state index contributed by atoms with van der Waals surface area (Å²) in [5, 5.41) is 1.88. The van der Waals surface area contributed by atoms with Crippen LogP contribution in [0.15, 0.2) is 62.7 Å². The number of hydrogen-bond acceptors (Lipinski definition) is 6. The maximum absolute atomic E-state index is 12.7. The van der Waals surface area contributed by atoms with Crippen LogP contribution in [0.3, 0.4) is 0 Å². The maximum Gasteiger partial charge on any atom is 0.262 e. The lowest BCUT2D eigenvalue weighted by molar-refractivity contribution is 0.304. The van der Waals surface area contributed by atoms with Crippen molar-refractivity contribution in [3.63, 3.8) is 0 Å². The first kappa shape index (κ1) is 18.7. The van der Waals surface area contributed by atoms with Gasteiger partial charge in [-0.15, -0.1) is 11.3 Å². The van der Waals surface area contributed by atoms with Gasteiger partial charge in [-0.05, 0) is 46.3 Å². The molecule has 0 saturated carbocycles. The summed E-state index contributed by atoms with van der Waals surface area (Å²) in [7, 11) is -2.27. The summed E-state index contributed by atoms with van der Waals surface area (Å²) in [5.41, 5.74) is 2.86. The fraction of sp³-hybridized carbons (Fsp3) is 0.118. The molecule has 0 aliphatic rings. The Morgan fingerprint density at radius 1 is 1.19 bits per heavy atom. The van der Waals surface area contributed by atoms with Crippen molar-refractivity contribution in [1.82, 2.24) is 4.98 Å². The van der Waals surface area contributed by atoms with Gasteiger partial charge in [-0.2, -0.15) is 0 Å². The highest BCUT2D eigenvalue weighted by Gasteiger charge is 2.18. The molecule has 1 heterocycles. The van der Waals surface area contributed by atoms with Crippen LogP contribution in [-0.4, -0.2) is 20.5 Å². The highest BCUT2D eigenvalue weighted by Crippen LogP contribution is 2.30. The van der Waals surface area contributed by atoms with Crippen LogP contribution in [0.25, 0.3) is 0 Å². The summed E-state index contributed by atoms with van der Waals surface area (Å²) in [4.78, 5) is 4.26. The molecule has 0 aliphatic heterocycles. The van der Waals surface area contributed by atoms with E-state index in [0.717, 1.165) is 5.69 Å². The predicted octanol–water partition coefficient (Wildman–Crippen LogP) is 4.29. The molecule has 6 nitrogen and oxygen atoms in total. The molecule has 0 fully saturated rings. The van der Waals surface area contributed by atoms with E-state index >= 15 is 0 Å². The Balaban J connectivity index is 1.82. The van der Waals surface area contributed by atoms with Crippen molar-refractivity contribution < 1.29 is 17.9 Å².